The van der Waals surface area contributed by atoms with Crippen molar-refractivity contribution < 1.29 is 37.1 Å². The number of piperazine rings is 1. The van der Waals surface area contributed by atoms with Crippen LogP contribution in [0.5, 0.6) is 0 Å². The molecule has 1 aromatic heterocycles. The molecule has 2 unspecified atom stereocenters. The fourth-order valence-corrected chi connectivity index (χ4v) is 6.87. The van der Waals surface area contributed by atoms with Gasteiger partial charge < -0.3 is 25.0 Å². The first kappa shape index (κ1) is 30.6. The summed E-state index contributed by atoms with van der Waals surface area (Å²) in [4.78, 5) is 59.0. The molecule has 230 valence electrons. The molecule has 13 nitrogen and oxygen atoms in total. The Kier molecular flexibility index (Phi) is 9.08. The second-order valence-electron chi connectivity index (χ2n) is 10.6. The minimum absolute atomic E-state index is 0.00578. The molecule has 2 saturated heterocycles. The predicted molar refractivity (Wildman–Crippen MR) is 155 cm³/mol. The van der Waals surface area contributed by atoms with Gasteiger partial charge in [0.25, 0.3) is 5.91 Å². The van der Waals surface area contributed by atoms with Crippen molar-refractivity contribution in [3.8, 4) is 0 Å². The van der Waals surface area contributed by atoms with Gasteiger partial charge in [0.05, 0.1) is 12.2 Å². The van der Waals surface area contributed by atoms with Crippen molar-refractivity contribution in [2.75, 3.05) is 25.4 Å². The van der Waals surface area contributed by atoms with Gasteiger partial charge in [0.1, 0.15) is 23.8 Å². The van der Waals surface area contributed by atoms with Crippen LogP contribution >= 0.6 is 0 Å². The van der Waals surface area contributed by atoms with Crippen molar-refractivity contribution >= 4 is 44.5 Å². The van der Waals surface area contributed by atoms with Crippen molar-refractivity contribution in [1.82, 2.24) is 24.8 Å². The number of benzene rings is 1. The Morgan fingerprint density at radius 1 is 1.07 bits per heavy atom. The molecule has 0 bridgehead atoms. The Balaban J connectivity index is 1.44. The van der Waals surface area contributed by atoms with E-state index in [1.165, 1.54) is 22.3 Å². The van der Waals surface area contributed by atoms with Gasteiger partial charge in [0.15, 0.2) is 0 Å². The molecule has 14 heteroatoms. The van der Waals surface area contributed by atoms with Crippen LogP contribution in [0.2, 0.25) is 0 Å². The van der Waals surface area contributed by atoms with Gasteiger partial charge in [-0.2, -0.15) is 4.31 Å². The zero-order chi connectivity index (χ0) is 30.7. The maximum Gasteiger partial charge on any atom is 0.310 e. The average Bonchev–Trinajstić information content (AvgIpc) is 3.34. The number of aromatic nitrogens is 1. The molecule has 1 aromatic carbocycles. The van der Waals surface area contributed by atoms with Gasteiger partial charge in [-0.25, -0.2) is 8.42 Å². The van der Waals surface area contributed by atoms with Crippen LogP contribution in [-0.2, 0) is 33.9 Å². The van der Waals surface area contributed by atoms with Gasteiger partial charge in [-0.3, -0.25) is 24.2 Å². The first-order valence-corrected chi connectivity index (χ1v) is 15.9. The summed E-state index contributed by atoms with van der Waals surface area (Å²) in [6.45, 7) is 3.19. The van der Waals surface area contributed by atoms with Crippen LogP contribution in [0.15, 0.2) is 48.7 Å². The van der Waals surface area contributed by atoms with E-state index >= 15 is 0 Å². The number of carbonyl (C=O) groups excluding carboxylic acids is 4. The quantitative estimate of drug-likeness (QED) is 0.322. The number of hydrogen-bond acceptors (Lipinski definition) is 9. The second kappa shape index (κ2) is 12.8. The lowest BCUT2D eigenvalue weighted by molar-refractivity contribution is -0.165. The molecule has 2 N–H and O–H groups in total. The highest BCUT2D eigenvalue weighted by atomic mass is 32.2. The van der Waals surface area contributed by atoms with Gasteiger partial charge in [-0.1, -0.05) is 36.4 Å². The molecule has 43 heavy (non-hydrogen) atoms. The molecule has 3 amide bonds. The van der Waals surface area contributed by atoms with E-state index in [1.807, 2.05) is 18.2 Å². The maximum absolute atomic E-state index is 14.2. The molecule has 0 saturated carbocycles. The monoisotopic (exact) mass is 613 g/mol. The van der Waals surface area contributed by atoms with E-state index in [-0.39, 0.29) is 44.0 Å². The van der Waals surface area contributed by atoms with Crippen molar-refractivity contribution in [2.45, 2.75) is 63.6 Å². The van der Waals surface area contributed by atoms with Crippen molar-refractivity contribution in [2.24, 2.45) is 0 Å². The van der Waals surface area contributed by atoms with Gasteiger partial charge in [0.2, 0.25) is 28.1 Å². The van der Waals surface area contributed by atoms with E-state index in [0.717, 1.165) is 5.39 Å². The van der Waals surface area contributed by atoms with Gasteiger partial charge in [0, 0.05) is 37.3 Å². The molecule has 3 aliphatic rings. The molecule has 0 radical (unpaired) electrons. The molecule has 4 heterocycles. The second-order valence-corrected chi connectivity index (χ2v) is 12.9. The largest absolute Gasteiger partial charge is 0.433 e. The molecule has 5 atom stereocenters. The topological polar surface area (TPSA) is 164 Å². The van der Waals surface area contributed by atoms with Crippen LogP contribution in [-0.4, -0.2) is 102 Å². The van der Waals surface area contributed by atoms with Crippen LogP contribution in [0.1, 0.15) is 43.6 Å². The number of nitrogens with one attached hydrogen (secondary N) is 2. The number of ether oxygens (including phenoxy) is 2. The average molecular weight is 614 g/mol. The van der Waals surface area contributed by atoms with E-state index in [1.54, 1.807) is 31.2 Å². The summed E-state index contributed by atoms with van der Waals surface area (Å²) in [5.74, 6) is -2.43. The number of pyridine rings is 1. The number of rotatable bonds is 8. The number of cyclic esters (lactones) is 1. The van der Waals surface area contributed by atoms with Gasteiger partial charge in [-0.15, -0.1) is 0 Å². The van der Waals surface area contributed by atoms with Crippen molar-refractivity contribution in [3.63, 3.8) is 0 Å². The Morgan fingerprint density at radius 2 is 1.84 bits per heavy atom. The first-order valence-electron chi connectivity index (χ1n) is 14.3. The summed E-state index contributed by atoms with van der Waals surface area (Å²) >= 11 is 0. The summed E-state index contributed by atoms with van der Waals surface area (Å²) in [6, 6.07) is 5.30. The molecule has 0 aliphatic carbocycles. The number of fused-ring (bicyclic) bond motifs is 2. The number of esters is 1. The molecule has 2 aromatic rings. The van der Waals surface area contributed by atoms with Gasteiger partial charge in [-0.05, 0) is 38.1 Å². The normalized spacial score (nSPS) is 26.4. The number of carbonyl (C=O) groups is 4. The minimum atomic E-state index is -3.71. The summed E-state index contributed by atoms with van der Waals surface area (Å²) in [6.07, 6.45) is 4.47. The van der Waals surface area contributed by atoms with Crippen LogP contribution in [0, 0.1) is 0 Å². The van der Waals surface area contributed by atoms with Crippen LogP contribution in [0.4, 0.5) is 0 Å². The summed E-state index contributed by atoms with van der Waals surface area (Å²) < 4.78 is 37.8. The van der Waals surface area contributed by atoms with Gasteiger partial charge >= 0.3 is 5.97 Å². The Morgan fingerprint density at radius 3 is 2.60 bits per heavy atom. The number of sulfonamides is 1. The van der Waals surface area contributed by atoms with Crippen molar-refractivity contribution in [3.05, 3.63) is 54.4 Å². The zero-order valence-corrected chi connectivity index (χ0v) is 24.8. The Bertz CT molecular complexity index is 1540. The SMILES string of the molecule is CCOC1OC(=O)CC1NC(=O)[C@@H]1CN(S(=O)(=O)CC)C[C@@H]2CC=CC[C@H](NC(=O)c3nccc4ccccc34)C(=O)N21. The molecular weight excluding hydrogens is 578 g/mol. The fourth-order valence-electron chi connectivity index (χ4n) is 5.74. The standard InChI is InChI=1S/C29H35N5O8S/c1-3-41-29-22(15-24(35)42-29)32-26(36)23-17-33(43(39,40)4-2)16-19-10-6-8-12-21(28(38)34(19)23)31-27(37)25-20-11-7-5-9-18(20)13-14-30-25/h5-9,11,13-14,19,21-23,29H,3-4,10,12,15-17H2,1-2H3,(H,31,37)(H,32,36)/t19-,21-,22?,23-,29?/m0/s1. The smallest absolute Gasteiger partial charge is 0.310 e. The van der Waals surface area contributed by atoms with Crippen LogP contribution in [0.25, 0.3) is 10.8 Å². The Labute approximate surface area is 249 Å². The summed E-state index contributed by atoms with van der Waals surface area (Å²) in [5, 5.41) is 7.00. The predicted octanol–water partition coefficient (Wildman–Crippen LogP) is 0.709. The lowest BCUT2D eigenvalue weighted by atomic mass is 9.97. The third kappa shape index (κ3) is 6.40. The lowest BCUT2D eigenvalue weighted by Crippen LogP contribution is -2.68. The minimum Gasteiger partial charge on any atom is -0.433 e. The lowest BCUT2D eigenvalue weighted by Gasteiger charge is -2.47. The van der Waals surface area contributed by atoms with E-state index in [0.29, 0.717) is 11.8 Å². The summed E-state index contributed by atoms with van der Waals surface area (Å²) in [7, 11) is -3.71. The highest BCUT2D eigenvalue weighted by Crippen LogP contribution is 2.27. The Hall–Kier alpha value is -3.88. The van der Waals surface area contributed by atoms with Crippen molar-refractivity contribution in [1.29, 1.82) is 0 Å². The number of amides is 3. The molecule has 0 spiro atoms. The van der Waals surface area contributed by atoms with Crippen LogP contribution in [0.3, 0.4) is 0 Å². The summed E-state index contributed by atoms with van der Waals surface area (Å²) in [5.41, 5.74) is 0.162. The van der Waals surface area contributed by atoms with E-state index < -0.39 is 64.2 Å². The maximum atomic E-state index is 14.2. The first-order chi connectivity index (χ1) is 20.6. The third-order valence-electron chi connectivity index (χ3n) is 7.90. The van der Waals surface area contributed by atoms with E-state index in [9.17, 15) is 27.6 Å². The molecule has 3 aliphatic heterocycles. The number of hydrogen-bond donors (Lipinski definition) is 2. The molecule has 5 rings (SSSR count). The zero-order valence-electron chi connectivity index (χ0n) is 24.0. The highest BCUT2D eigenvalue weighted by Gasteiger charge is 2.47. The van der Waals surface area contributed by atoms with Crippen LogP contribution < -0.4 is 10.6 Å². The molecule has 2 fully saturated rings. The van der Waals surface area contributed by atoms with E-state index in [2.05, 4.69) is 15.6 Å². The van der Waals surface area contributed by atoms with E-state index in [4.69, 9.17) is 9.47 Å². The molecular formula is C29H35N5O8S. The fraction of sp³-hybridized carbons (Fsp3) is 0.483. The number of nitrogens with zero attached hydrogens (tertiary/aromatic N) is 3. The third-order valence-corrected chi connectivity index (χ3v) is 9.71. The highest BCUT2D eigenvalue weighted by molar-refractivity contribution is 7.89.